The van der Waals surface area contributed by atoms with Crippen molar-refractivity contribution in [3.8, 4) is 0 Å². The molecule has 0 amide bonds. The van der Waals surface area contributed by atoms with Gasteiger partial charge in [0.25, 0.3) is 0 Å². The first-order valence-corrected chi connectivity index (χ1v) is 5.43. The highest BCUT2D eigenvalue weighted by molar-refractivity contribution is 5.01. The first-order valence-electron chi connectivity index (χ1n) is 5.43. The van der Waals surface area contributed by atoms with E-state index in [1.807, 2.05) is 26.2 Å². The average Bonchev–Trinajstić information content (AvgIpc) is 2.75. The number of aryl methyl sites for hydroxylation is 1. The smallest absolute Gasteiger partial charge is 0.0650 e. The van der Waals surface area contributed by atoms with Gasteiger partial charge >= 0.3 is 0 Å². The number of aliphatic hydroxyl groups is 1. The fourth-order valence-corrected chi connectivity index (χ4v) is 2.07. The molecule has 0 spiro atoms. The summed E-state index contributed by atoms with van der Waals surface area (Å²) < 4.78 is 7.20. The second-order valence-corrected chi connectivity index (χ2v) is 4.39. The number of hydrogen-bond acceptors (Lipinski definition) is 3. The van der Waals surface area contributed by atoms with E-state index in [2.05, 4.69) is 5.10 Å². The summed E-state index contributed by atoms with van der Waals surface area (Å²) in [6, 6.07) is 1.95. The van der Waals surface area contributed by atoms with Crippen molar-refractivity contribution in [1.29, 1.82) is 0 Å². The molecule has 0 radical (unpaired) electrons. The van der Waals surface area contributed by atoms with Gasteiger partial charge in [0.15, 0.2) is 0 Å². The Morgan fingerprint density at radius 3 is 3.07 bits per heavy atom. The number of aromatic nitrogens is 2. The fourth-order valence-electron chi connectivity index (χ4n) is 2.07. The number of ether oxygens (including phenoxy) is 1. The highest BCUT2D eigenvalue weighted by Crippen LogP contribution is 2.23. The lowest BCUT2D eigenvalue weighted by atomic mass is 9.96. The summed E-state index contributed by atoms with van der Waals surface area (Å²) in [6.45, 7) is 2.72. The lowest BCUT2D eigenvalue weighted by Crippen LogP contribution is -2.23. The first kappa shape index (κ1) is 10.6. The molecule has 1 aliphatic heterocycles. The SMILES string of the molecule is CC1CC(C(O)Cc2ccn(C)n2)CO1. The number of rotatable bonds is 3. The van der Waals surface area contributed by atoms with Crippen molar-refractivity contribution in [3.05, 3.63) is 18.0 Å². The van der Waals surface area contributed by atoms with Crippen LogP contribution in [0, 0.1) is 5.92 Å². The molecule has 1 saturated heterocycles. The minimum atomic E-state index is -0.329. The largest absolute Gasteiger partial charge is 0.392 e. The zero-order chi connectivity index (χ0) is 10.8. The Bertz CT molecular complexity index is 324. The van der Waals surface area contributed by atoms with Gasteiger partial charge in [0.2, 0.25) is 0 Å². The normalized spacial score (nSPS) is 28.2. The van der Waals surface area contributed by atoms with E-state index in [0.717, 1.165) is 12.1 Å². The van der Waals surface area contributed by atoms with E-state index in [9.17, 15) is 5.11 Å². The first-order chi connectivity index (χ1) is 7.15. The molecule has 84 valence electrons. The maximum Gasteiger partial charge on any atom is 0.0650 e. The maximum absolute atomic E-state index is 10.0. The molecule has 0 saturated carbocycles. The second kappa shape index (κ2) is 4.33. The molecular weight excluding hydrogens is 192 g/mol. The van der Waals surface area contributed by atoms with Crippen LogP contribution < -0.4 is 0 Å². The van der Waals surface area contributed by atoms with Crippen LogP contribution in [0.15, 0.2) is 12.3 Å². The molecule has 2 rings (SSSR count). The van der Waals surface area contributed by atoms with Crippen LogP contribution in [-0.2, 0) is 18.2 Å². The zero-order valence-corrected chi connectivity index (χ0v) is 9.26. The van der Waals surface area contributed by atoms with E-state index in [4.69, 9.17) is 4.74 Å². The molecule has 15 heavy (non-hydrogen) atoms. The molecule has 1 fully saturated rings. The van der Waals surface area contributed by atoms with Crippen LogP contribution in [-0.4, -0.2) is 33.7 Å². The molecule has 2 heterocycles. The van der Waals surface area contributed by atoms with Gasteiger partial charge in [0, 0.05) is 25.6 Å². The van der Waals surface area contributed by atoms with Crippen molar-refractivity contribution in [2.75, 3.05) is 6.61 Å². The van der Waals surface area contributed by atoms with Gasteiger partial charge in [-0.05, 0) is 19.4 Å². The lowest BCUT2D eigenvalue weighted by molar-refractivity contribution is 0.0801. The maximum atomic E-state index is 10.0. The molecule has 4 nitrogen and oxygen atoms in total. The van der Waals surface area contributed by atoms with Gasteiger partial charge in [0.05, 0.1) is 24.5 Å². The Hall–Kier alpha value is -0.870. The van der Waals surface area contributed by atoms with Gasteiger partial charge in [-0.2, -0.15) is 5.10 Å². The van der Waals surface area contributed by atoms with E-state index in [-0.39, 0.29) is 18.1 Å². The Morgan fingerprint density at radius 1 is 1.73 bits per heavy atom. The van der Waals surface area contributed by atoms with Crippen LogP contribution in [0.4, 0.5) is 0 Å². The quantitative estimate of drug-likeness (QED) is 0.800. The van der Waals surface area contributed by atoms with Crippen molar-refractivity contribution in [2.24, 2.45) is 13.0 Å². The van der Waals surface area contributed by atoms with Crippen LogP contribution in [0.3, 0.4) is 0 Å². The van der Waals surface area contributed by atoms with Gasteiger partial charge in [-0.15, -0.1) is 0 Å². The van der Waals surface area contributed by atoms with Crippen molar-refractivity contribution in [2.45, 2.75) is 32.0 Å². The van der Waals surface area contributed by atoms with Gasteiger partial charge in [-0.3, -0.25) is 4.68 Å². The molecule has 1 aromatic rings. The Kier molecular flexibility index (Phi) is 3.07. The number of nitrogens with zero attached hydrogens (tertiary/aromatic N) is 2. The van der Waals surface area contributed by atoms with E-state index < -0.39 is 0 Å². The van der Waals surface area contributed by atoms with E-state index >= 15 is 0 Å². The van der Waals surface area contributed by atoms with Gasteiger partial charge in [-0.25, -0.2) is 0 Å². The molecule has 0 aliphatic carbocycles. The van der Waals surface area contributed by atoms with Crippen molar-refractivity contribution >= 4 is 0 Å². The third kappa shape index (κ3) is 2.58. The Morgan fingerprint density at radius 2 is 2.53 bits per heavy atom. The van der Waals surface area contributed by atoms with Crippen LogP contribution >= 0.6 is 0 Å². The van der Waals surface area contributed by atoms with E-state index in [1.54, 1.807) is 4.68 Å². The topological polar surface area (TPSA) is 47.3 Å². The molecule has 3 atom stereocenters. The highest BCUT2D eigenvalue weighted by atomic mass is 16.5. The monoisotopic (exact) mass is 210 g/mol. The summed E-state index contributed by atoms with van der Waals surface area (Å²) in [5, 5.41) is 14.3. The van der Waals surface area contributed by atoms with Crippen LogP contribution in [0.1, 0.15) is 19.0 Å². The van der Waals surface area contributed by atoms with E-state index in [1.165, 1.54) is 0 Å². The van der Waals surface area contributed by atoms with Gasteiger partial charge in [0.1, 0.15) is 0 Å². The van der Waals surface area contributed by atoms with Gasteiger partial charge < -0.3 is 9.84 Å². The predicted octanol–water partition coefficient (Wildman–Crippen LogP) is 0.748. The Labute approximate surface area is 89.9 Å². The predicted molar refractivity (Wildman–Crippen MR) is 56.4 cm³/mol. The van der Waals surface area contributed by atoms with Crippen LogP contribution in [0.25, 0.3) is 0 Å². The molecule has 3 unspecified atom stereocenters. The Balaban J connectivity index is 1.89. The zero-order valence-electron chi connectivity index (χ0n) is 9.26. The molecule has 1 N–H and O–H groups in total. The molecule has 0 aromatic carbocycles. The van der Waals surface area contributed by atoms with Crippen molar-refractivity contribution < 1.29 is 9.84 Å². The fraction of sp³-hybridized carbons (Fsp3) is 0.727. The lowest BCUT2D eigenvalue weighted by Gasteiger charge is -2.14. The van der Waals surface area contributed by atoms with Crippen molar-refractivity contribution in [1.82, 2.24) is 9.78 Å². The second-order valence-electron chi connectivity index (χ2n) is 4.39. The summed E-state index contributed by atoms with van der Waals surface area (Å²) in [7, 11) is 1.89. The minimum Gasteiger partial charge on any atom is -0.392 e. The minimum absolute atomic E-state index is 0.266. The van der Waals surface area contributed by atoms with Crippen LogP contribution in [0.2, 0.25) is 0 Å². The third-order valence-corrected chi connectivity index (χ3v) is 2.96. The van der Waals surface area contributed by atoms with Crippen molar-refractivity contribution in [3.63, 3.8) is 0 Å². The third-order valence-electron chi connectivity index (χ3n) is 2.96. The highest BCUT2D eigenvalue weighted by Gasteiger charge is 2.28. The summed E-state index contributed by atoms with van der Waals surface area (Å²) in [5.74, 6) is 0.266. The summed E-state index contributed by atoms with van der Waals surface area (Å²) in [6.07, 6.45) is 3.43. The number of hydrogen-bond donors (Lipinski definition) is 1. The van der Waals surface area contributed by atoms with Gasteiger partial charge in [-0.1, -0.05) is 0 Å². The molecular formula is C11H18N2O2. The summed E-state index contributed by atoms with van der Waals surface area (Å²) in [4.78, 5) is 0. The molecule has 4 heteroatoms. The average molecular weight is 210 g/mol. The molecule has 1 aromatic heterocycles. The molecule has 1 aliphatic rings. The standard InChI is InChI=1S/C11H18N2O2/c1-8-5-9(7-15-8)11(14)6-10-3-4-13(2)12-10/h3-4,8-9,11,14H,5-7H2,1-2H3. The summed E-state index contributed by atoms with van der Waals surface area (Å²) >= 11 is 0. The summed E-state index contributed by atoms with van der Waals surface area (Å²) in [5.41, 5.74) is 0.949. The molecule has 0 bridgehead atoms. The van der Waals surface area contributed by atoms with Crippen LogP contribution in [0.5, 0.6) is 0 Å². The number of aliphatic hydroxyl groups excluding tert-OH is 1. The van der Waals surface area contributed by atoms with E-state index in [0.29, 0.717) is 13.0 Å².